The number of nitrogens with zero attached hydrogens (tertiary/aromatic N) is 2. The third-order valence-electron chi connectivity index (χ3n) is 3.29. The van der Waals surface area contributed by atoms with Crippen LogP contribution in [-0.2, 0) is 16.1 Å². The minimum atomic E-state index is -0.118. The van der Waals surface area contributed by atoms with Crippen LogP contribution < -0.4 is 10.2 Å². The van der Waals surface area contributed by atoms with Crippen LogP contribution in [0.15, 0.2) is 48.8 Å². The van der Waals surface area contributed by atoms with Crippen LogP contribution in [0.3, 0.4) is 0 Å². The van der Waals surface area contributed by atoms with Crippen molar-refractivity contribution in [3.63, 3.8) is 0 Å². The quantitative estimate of drug-likeness (QED) is 0.885. The maximum absolute atomic E-state index is 11.9. The molecule has 0 fully saturated rings. The van der Waals surface area contributed by atoms with Gasteiger partial charge < -0.3 is 10.2 Å². The summed E-state index contributed by atoms with van der Waals surface area (Å²) in [5.41, 5.74) is 1.66. The van der Waals surface area contributed by atoms with E-state index in [1.54, 1.807) is 41.6 Å². The Hall–Kier alpha value is -2.40. The molecule has 1 heterocycles. The fourth-order valence-corrected chi connectivity index (χ4v) is 2.22. The molecule has 2 amide bonds. The van der Waals surface area contributed by atoms with Crippen LogP contribution in [0, 0.1) is 0 Å². The number of amides is 2. The number of carbonyl (C=O) groups excluding carboxylic acids is 2. The van der Waals surface area contributed by atoms with Gasteiger partial charge in [0.05, 0.1) is 0 Å². The normalized spacial score (nSPS) is 10.2. The van der Waals surface area contributed by atoms with E-state index >= 15 is 0 Å². The Morgan fingerprint density at radius 3 is 2.57 bits per heavy atom. The van der Waals surface area contributed by atoms with Crippen molar-refractivity contribution in [3.05, 3.63) is 59.4 Å². The standard InChI is InChI=1S/C17H18ClN3O2/c1-13(22)21(16-6-4-15(18)5-7-16)10-8-17(23)20-12-14-3-2-9-19-11-14/h2-7,9,11H,8,10,12H2,1H3,(H,20,23). The molecule has 0 aliphatic carbocycles. The summed E-state index contributed by atoms with van der Waals surface area (Å²) in [6, 6.07) is 10.7. The molecule has 0 aliphatic rings. The summed E-state index contributed by atoms with van der Waals surface area (Å²) >= 11 is 5.85. The number of benzene rings is 1. The largest absolute Gasteiger partial charge is 0.352 e. The molecule has 0 atom stereocenters. The van der Waals surface area contributed by atoms with Crippen molar-refractivity contribution in [2.45, 2.75) is 19.9 Å². The summed E-state index contributed by atoms with van der Waals surface area (Å²) in [5.74, 6) is -0.235. The lowest BCUT2D eigenvalue weighted by Gasteiger charge is -2.21. The number of pyridine rings is 1. The average molecular weight is 332 g/mol. The SMILES string of the molecule is CC(=O)N(CCC(=O)NCc1cccnc1)c1ccc(Cl)cc1. The fourth-order valence-electron chi connectivity index (χ4n) is 2.09. The first-order valence-electron chi connectivity index (χ1n) is 7.25. The second-order valence-corrected chi connectivity index (χ2v) is 5.47. The van der Waals surface area contributed by atoms with E-state index in [9.17, 15) is 9.59 Å². The van der Waals surface area contributed by atoms with E-state index in [0.717, 1.165) is 11.3 Å². The number of hydrogen-bond donors (Lipinski definition) is 1. The molecule has 0 aliphatic heterocycles. The van der Waals surface area contributed by atoms with Crippen LogP contribution in [0.5, 0.6) is 0 Å². The molecule has 2 aromatic rings. The zero-order valence-electron chi connectivity index (χ0n) is 12.8. The highest BCUT2D eigenvalue weighted by atomic mass is 35.5. The molecule has 23 heavy (non-hydrogen) atoms. The molecule has 5 nitrogen and oxygen atoms in total. The van der Waals surface area contributed by atoms with E-state index in [1.165, 1.54) is 6.92 Å². The molecule has 1 aromatic heterocycles. The Morgan fingerprint density at radius 1 is 1.22 bits per heavy atom. The van der Waals surface area contributed by atoms with Gasteiger partial charge in [0.1, 0.15) is 0 Å². The molecule has 2 rings (SSSR count). The maximum Gasteiger partial charge on any atom is 0.223 e. The molecule has 0 bridgehead atoms. The molecular formula is C17H18ClN3O2. The second-order valence-electron chi connectivity index (χ2n) is 5.04. The van der Waals surface area contributed by atoms with E-state index in [1.807, 2.05) is 12.1 Å². The van der Waals surface area contributed by atoms with Gasteiger partial charge in [0, 0.05) is 49.5 Å². The zero-order chi connectivity index (χ0) is 16.7. The minimum Gasteiger partial charge on any atom is -0.352 e. The van der Waals surface area contributed by atoms with Crippen molar-refractivity contribution in [2.24, 2.45) is 0 Å². The van der Waals surface area contributed by atoms with Crippen molar-refractivity contribution < 1.29 is 9.59 Å². The van der Waals surface area contributed by atoms with Crippen molar-refractivity contribution in [2.75, 3.05) is 11.4 Å². The van der Waals surface area contributed by atoms with E-state index in [0.29, 0.717) is 18.1 Å². The smallest absolute Gasteiger partial charge is 0.223 e. The number of halogens is 1. The lowest BCUT2D eigenvalue weighted by Crippen LogP contribution is -2.33. The van der Waals surface area contributed by atoms with E-state index in [-0.39, 0.29) is 18.2 Å². The fraction of sp³-hybridized carbons (Fsp3) is 0.235. The predicted molar refractivity (Wildman–Crippen MR) is 90.2 cm³/mol. The zero-order valence-corrected chi connectivity index (χ0v) is 13.6. The number of rotatable bonds is 6. The first-order valence-corrected chi connectivity index (χ1v) is 7.63. The Kier molecular flexibility index (Phi) is 6.11. The van der Waals surface area contributed by atoms with E-state index < -0.39 is 0 Å². The van der Waals surface area contributed by atoms with Gasteiger partial charge in [0.15, 0.2) is 0 Å². The molecule has 0 saturated carbocycles. The van der Waals surface area contributed by atoms with Gasteiger partial charge in [0.25, 0.3) is 0 Å². The van der Waals surface area contributed by atoms with Crippen LogP contribution in [0.25, 0.3) is 0 Å². The van der Waals surface area contributed by atoms with Crippen molar-refractivity contribution in [1.29, 1.82) is 0 Å². The Bertz CT molecular complexity index is 659. The second kappa shape index (κ2) is 8.29. The summed E-state index contributed by atoms with van der Waals surface area (Å²) in [5, 5.41) is 3.42. The summed E-state index contributed by atoms with van der Waals surface area (Å²) in [7, 11) is 0. The highest BCUT2D eigenvalue weighted by Gasteiger charge is 2.13. The highest BCUT2D eigenvalue weighted by Crippen LogP contribution is 2.18. The maximum atomic E-state index is 11.9. The Labute approximate surface area is 140 Å². The summed E-state index contributed by atoms with van der Waals surface area (Å²) in [4.78, 5) is 29.3. The van der Waals surface area contributed by atoms with Gasteiger partial charge in [-0.25, -0.2) is 0 Å². The van der Waals surface area contributed by atoms with Gasteiger partial charge in [0.2, 0.25) is 11.8 Å². The van der Waals surface area contributed by atoms with Crippen molar-refractivity contribution >= 4 is 29.1 Å². The first kappa shape index (κ1) is 17.0. The van der Waals surface area contributed by atoms with Crippen LogP contribution in [0.2, 0.25) is 5.02 Å². The molecule has 1 aromatic carbocycles. The molecule has 6 heteroatoms. The van der Waals surface area contributed by atoms with Crippen LogP contribution in [-0.4, -0.2) is 23.3 Å². The first-order chi connectivity index (χ1) is 11.1. The molecule has 120 valence electrons. The van der Waals surface area contributed by atoms with E-state index in [2.05, 4.69) is 10.3 Å². The summed E-state index contributed by atoms with van der Waals surface area (Å²) in [6.45, 7) is 2.21. The van der Waals surface area contributed by atoms with Gasteiger partial charge >= 0.3 is 0 Å². The Morgan fingerprint density at radius 2 is 1.96 bits per heavy atom. The monoisotopic (exact) mass is 331 g/mol. The number of hydrogen-bond acceptors (Lipinski definition) is 3. The highest BCUT2D eigenvalue weighted by molar-refractivity contribution is 6.30. The molecule has 0 saturated heterocycles. The predicted octanol–water partition coefficient (Wildman–Crippen LogP) is 2.79. The van der Waals surface area contributed by atoms with Gasteiger partial charge in [-0.2, -0.15) is 0 Å². The van der Waals surface area contributed by atoms with Crippen LogP contribution >= 0.6 is 11.6 Å². The molecule has 1 N–H and O–H groups in total. The molecule has 0 radical (unpaired) electrons. The Balaban J connectivity index is 1.87. The van der Waals surface area contributed by atoms with Gasteiger partial charge in [-0.3, -0.25) is 14.6 Å². The number of nitrogens with one attached hydrogen (secondary N) is 1. The summed E-state index contributed by atoms with van der Waals surface area (Å²) < 4.78 is 0. The minimum absolute atomic E-state index is 0.117. The van der Waals surface area contributed by atoms with Crippen molar-refractivity contribution in [3.8, 4) is 0 Å². The lowest BCUT2D eigenvalue weighted by atomic mass is 10.2. The number of aromatic nitrogens is 1. The molecule has 0 spiro atoms. The number of carbonyl (C=O) groups is 2. The number of anilines is 1. The van der Waals surface area contributed by atoms with Gasteiger partial charge in [-0.05, 0) is 35.9 Å². The average Bonchev–Trinajstić information content (AvgIpc) is 2.55. The van der Waals surface area contributed by atoms with Crippen LogP contribution in [0.4, 0.5) is 5.69 Å². The third kappa shape index (κ3) is 5.38. The third-order valence-corrected chi connectivity index (χ3v) is 3.55. The summed E-state index contributed by atoms with van der Waals surface area (Å²) in [6.07, 6.45) is 3.61. The van der Waals surface area contributed by atoms with E-state index in [4.69, 9.17) is 11.6 Å². The lowest BCUT2D eigenvalue weighted by molar-refractivity contribution is -0.121. The molecular weight excluding hydrogens is 314 g/mol. The van der Waals surface area contributed by atoms with Crippen molar-refractivity contribution in [1.82, 2.24) is 10.3 Å². The molecule has 0 unspecified atom stereocenters. The van der Waals surface area contributed by atoms with Gasteiger partial charge in [-0.1, -0.05) is 17.7 Å². The van der Waals surface area contributed by atoms with Crippen LogP contribution in [0.1, 0.15) is 18.9 Å². The van der Waals surface area contributed by atoms with Gasteiger partial charge in [-0.15, -0.1) is 0 Å². The topological polar surface area (TPSA) is 62.3 Å².